The van der Waals surface area contributed by atoms with Crippen LogP contribution in [0.25, 0.3) is 0 Å². The molecule has 1 heterocycles. The van der Waals surface area contributed by atoms with Gasteiger partial charge in [-0.15, -0.1) is 0 Å². The molecule has 0 unspecified atom stereocenters. The topological polar surface area (TPSA) is 37.4 Å². The molecule has 0 radical (unpaired) electrons. The Kier molecular flexibility index (Phi) is 3.36. The summed E-state index contributed by atoms with van der Waals surface area (Å²) in [5.74, 6) is 5.13. The van der Waals surface area contributed by atoms with Crippen LogP contribution >= 0.6 is 0 Å². The number of carbonyl (C=O) groups is 2. The van der Waals surface area contributed by atoms with Crippen LogP contribution < -0.4 is 0 Å². The fourth-order valence-corrected chi connectivity index (χ4v) is 2.10. The highest BCUT2D eigenvalue weighted by molar-refractivity contribution is 6.22. The number of rotatable bonds is 1. The maximum absolute atomic E-state index is 12.1. The van der Waals surface area contributed by atoms with E-state index in [1.807, 2.05) is 30.3 Å². The van der Waals surface area contributed by atoms with Gasteiger partial charge in [0.1, 0.15) is 0 Å². The fraction of sp³-hybridized carbons (Fsp3) is 0. The van der Waals surface area contributed by atoms with Gasteiger partial charge in [-0.3, -0.25) is 9.59 Å². The number of allylic oxidation sites excluding steroid dienone is 1. The van der Waals surface area contributed by atoms with Crippen molar-refractivity contribution in [2.45, 2.75) is 0 Å². The molecule has 0 saturated carbocycles. The number of nitrogens with zero attached hydrogens (tertiary/aromatic N) is 1. The highest BCUT2D eigenvalue weighted by atomic mass is 16.2. The van der Waals surface area contributed by atoms with E-state index < -0.39 is 0 Å². The van der Waals surface area contributed by atoms with Gasteiger partial charge in [-0.25, -0.2) is 4.90 Å². The minimum absolute atomic E-state index is 0.312. The van der Waals surface area contributed by atoms with Crippen molar-refractivity contribution in [2.24, 2.45) is 0 Å². The summed E-state index contributed by atoms with van der Waals surface area (Å²) in [7, 11) is 0. The first-order valence-electron chi connectivity index (χ1n) is 6.47. The van der Waals surface area contributed by atoms with Gasteiger partial charge in [0.05, 0.1) is 11.1 Å². The number of amides is 2. The summed E-state index contributed by atoms with van der Waals surface area (Å²) < 4.78 is 0. The molecule has 0 bridgehead atoms. The van der Waals surface area contributed by atoms with Crippen LogP contribution in [-0.4, -0.2) is 16.7 Å². The van der Waals surface area contributed by atoms with E-state index in [1.165, 1.54) is 12.3 Å². The van der Waals surface area contributed by atoms with Crippen molar-refractivity contribution in [3.05, 3.63) is 83.6 Å². The largest absolute Gasteiger partial charge is 0.268 e. The summed E-state index contributed by atoms with van der Waals surface area (Å²) in [5, 5.41) is 0. The van der Waals surface area contributed by atoms with Crippen LogP contribution in [0, 0.1) is 11.8 Å². The lowest BCUT2D eigenvalue weighted by molar-refractivity contribution is 0.0721. The Morgan fingerprint density at radius 2 is 1.38 bits per heavy atom. The fourth-order valence-electron chi connectivity index (χ4n) is 2.10. The lowest BCUT2D eigenvalue weighted by Crippen LogP contribution is -2.23. The number of benzene rings is 2. The summed E-state index contributed by atoms with van der Waals surface area (Å²) in [5.41, 5.74) is 1.75. The van der Waals surface area contributed by atoms with Crippen LogP contribution in [0.3, 0.4) is 0 Å². The van der Waals surface area contributed by atoms with Crippen molar-refractivity contribution in [3.63, 3.8) is 0 Å². The van der Waals surface area contributed by atoms with E-state index in [0.717, 1.165) is 10.5 Å². The minimum Gasteiger partial charge on any atom is -0.268 e. The molecule has 3 rings (SSSR count). The van der Waals surface area contributed by atoms with E-state index in [0.29, 0.717) is 11.1 Å². The Morgan fingerprint density at radius 1 is 0.810 bits per heavy atom. The van der Waals surface area contributed by atoms with Gasteiger partial charge in [0.15, 0.2) is 0 Å². The van der Waals surface area contributed by atoms with Crippen LogP contribution in [0.2, 0.25) is 0 Å². The van der Waals surface area contributed by atoms with Gasteiger partial charge in [-0.1, -0.05) is 42.2 Å². The maximum atomic E-state index is 12.1. The Morgan fingerprint density at radius 3 is 2.00 bits per heavy atom. The molecule has 3 heteroatoms. The summed E-state index contributed by atoms with van der Waals surface area (Å²) in [6, 6.07) is 16.3. The Hall–Kier alpha value is -3.12. The van der Waals surface area contributed by atoms with Crippen molar-refractivity contribution >= 4 is 11.8 Å². The molecular formula is C18H11NO2. The van der Waals surface area contributed by atoms with Gasteiger partial charge in [-0.2, -0.15) is 0 Å². The summed E-state index contributed by atoms with van der Waals surface area (Å²) in [6.07, 6.45) is 2.93. The predicted octanol–water partition coefficient (Wildman–Crippen LogP) is 2.85. The molecule has 0 atom stereocenters. The van der Waals surface area contributed by atoms with Crippen LogP contribution in [0.1, 0.15) is 26.3 Å². The quantitative estimate of drug-likeness (QED) is 0.592. The third-order valence-corrected chi connectivity index (χ3v) is 3.12. The molecule has 0 saturated heterocycles. The zero-order valence-corrected chi connectivity index (χ0v) is 11.1. The van der Waals surface area contributed by atoms with E-state index >= 15 is 0 Å². The van der Waals surface area contributed by atoms with E-state index in [2.05, 4.69) is 11.8 Å². The second-order valence-electron chi connectivity index (χ2n) is 4.48. The Labute approximate surface area is 122 Å². The van der Waals surface area contributed by atoms with Gasteiger partial charge in [-0.05, 0) is 24.3 Å². The minimum atomic E-state index is -0.312. The normalized spacial score (nSPS) is 13.2. The van der Waals surface area contributed by atoms with Crippen LogP contribution in [0.15, 0.2) is 66.9 Å². The lowest BCUT2D eigenvalue weighted by atomic mass is 10.1. The van der Waals surface area contributed by atoms with Gasteiger partial charge in [0, 0.05) is 17.8 Å². The molecule has 1 aliphatic rings. The lowest BCUT2D eigenvalue weighted by Gasteiger charge is -2.05. The zero-order chi connectivity index (χ0) is 14.7. The molecule has 21 heavy (non-hydrogen) atoms. The average molecular weight is 273 g/mol. The number of fused-ring (bicyclic) bond motifs is 1. The molecule has 0 spiro atoms. The first-order chi connectivity index (χ1) is 10.3. The second-order valence-corrected chi connectivity index (χ2v) is 4.48. The van der Waals surface area contributed by atoms with Crippen LogP contribution in [0.4, 0.5) is 0 Å². The average Bonchev–Trinajstić information content (AvgIpc) is 2.77. The number of carbonyl (C=O) groups excluding carboxylic acids is 2. The molecular weight excluding hydrogens is 262 g/mol. The molecule has 100 valence electrons. The molecule has 2 amide bonds. The molecule has 1 aliphatic heterocycles. The molecule has 2 aromatic carbocycles. The van der Waals surface area contributed by atoms with Gasteiger partial charge in [0.2, 0.25) is 0 Å². The van der Waals surface area contributed by atoms with Crippen molar-refractivity contribution in [2.75, 3.05) is 0 Å². The number of hydrogen-bond donors (Lipinski definition) is 0. The first kappa shape index (κ1) is 12.9. The van der Waals surface area contributed by atoms with Gasteiger partial charge < -0.3 is 0 Å². The van der Waals surface area contributed by atoms with E-state index in [4.69, 9.17) is 0 Å². The summed E-state index contributed by atoms with van der Waals surface area (Å²) >= 11 is 0. The third-order valence-electron chi connectivity index (χ3n) is 3.12. The van der Waals surface area contributed by atoms with Crippen molar-refractivity contribution in [1.82, 2.24) is 4.90 Å². The molecule has 0 fully saturated rings. The molecule has 0 aliphatic carbocycles. The monoisotopic (exact) mass is 273 g/mol. The highest BCUT2D eigenvalue weighted by Crippen LogP contribution is 2.22. The van der Waals surface area contributed by atoms with Crippen molar-refractivity contribution < 1.29 is 9.59 Å². The van der Waals surface area contributed by atoms with E-state index in [-0.39, 0.29) is 11.8 Å². The molecule has 0 aromatic heterocycles. The summed E-state index contributed by atoms with van der Waals surface area (Å²) in [4.78, 5) is 25.2. The van der Waals surface area contributed by atoms with Crippen LogP contribution in [0.5, 0.6) is 0 Å². The number of hydrogen-bond acceptors (Lipinski definition) is 2. The van der Waals surface area contributed by atoms with Crippen LogP contribution in [-0.2, 0) is 0 Å². The first-order valence-corrected chi connectivity index (χ1v) is 6.47. The van der Waals surface area contributed by atoms with E-state index in [1.54, 1.807) is 24.3 Å². The Bertz CT molecular complexity index is 760. The van der Waals surface area contributed by atoms with Crippen molar-refractivity contribution in [3.8, 4) is 11.8 Å². The maximum Gasteiger partial charge on any atom is 0.265 e. The standard InChI is InChI=1S/C18H11NO2/c20-17-15-11-4-5-12-16(15)18(21)19(17)13-7-6-10-14-8-2-1-3-9-14/h1-5,7-9,11-13H/b13-7+. The zero-order valence-electron chi connectivity index (χ0n) is 11.1. The number of imide groups is 1. The predicted molar refractivity (Wildman–Crippen MR) is 79.4 cm³/mol. The Balaban J connectivity index is 1.78. The van der Waals surface area contributed by atoms with Gasteiger partial charge >= 0.3 is 0 Å². The highest BCUT2D eigenvalue weighted by Gasteiger charge is 2.33. The smallest absolute Gasteiger partial charge is 0.265 e. The second kappa shape index (κ2) is 5.48. The molecule has 0 N–H and O–H groups in total. The van der Waals surface area contributed by atoms with Crippen molar-refractivity contribution in [1.29, 1.82) is 0 Å². The van der Waals surface area contributed by atoms with E-state index in [9.17, 15) is 9.59 Å². The van der Waals surface area contributed by atoms with Gasteiger partial charge in [0.25, 0.3) is 11.8 Å². The SMILES string of the molecule is O=C1c2ccccc2C(=O)N1/C=C/C#Cc1ccccc1. The molecule has 3 nitrogen and oxygen atoms in total. The molecule has 2 aromatic rings. The summed E-state index contributed by atoms with van der Waals surface area (Å²) in [6.45, 7) is 0. The third kappa shape index (κ3) is 2.47.